The Hall–Kier alpha value is -4.56. The molecule has 0 N–H and O–H groups in total. The molecule has 0 spiro atoms. The Bertz CT molecular complexity index is 1820. The summed E-state index contributed by atoms with van der Waals surface area (Å²) in [6.07, 6.45) is 3.96. The van der Waals surface area contributed by atoms with Gasteiger partial charge in [0, 0.05) is 26.4 Å². The molecular formula is C29H28F3N7O3Si. The molecule has 1 aliphatic rings. The van der Waals surface area contributed by atoms with Crippen LogP contribution in [0, 0.1) is 17.5 Å². The van der Waals surface area contributed by atoms with Crippen LogP contribution in [0.3, 0.4) is 0 Å². The van der Waals surface area contributed by atoms with Crippen LogP contribution in [0.25, 0.3) is 28.2 Å². The number of carbonyl (C=O) groups excluding carboxylic acids is 1. The van der Waals surface area contributed by atoms with E-state index in [1.165, 1.54) is 32.6 Å². The average Bonchev–Trinajstić information content (AvgIpc) is 3.70. The molecule has 5 aromatic rings. The van der Waals surface area contributed by atoms with Gasteiger partial charge in [0.25, 0.3) is 0 Å². The minimum Gasteiger partial charge on any atom is -0.447 e. The second-order valence-electron chi connectivity index (χ2n) is 11.4. The molecule has 1 amide bonds. The molecule has 0 unspecified atom stereocenters. The number of hydrogen-bond donors (Lipinski definition) is 0. The van der Waals surface area contributed by atoms with Crippen molar-refractivity contribution in [2.24, 2.45) is 0 Å². The van der Waals surface area contributed by atoms with Crippen LogP contribution in [0.15, 0.2) is 61.2 Å². The number of benzene rings is 2. The van der Waals surface area contributed by atoms with Crippen LogP contribution in [-0.2, 0) is 16.2 Å². The van der Waals surface area contributed by atoms with Gasteiger partial charge in [-0.15, -0.1) is 5.10 Å². The van der Waals surface area contributed by atoms with Gasteiger partial charge < -0.3 is 9.47 Å². The van der Waals surface area contributed by atoms with E-state index < -0.39 is 37.7 Å². The quantitative estimate of drug-likeness (QED) is 0.148. The summed E-state index contributed by atoms with van der Waals surface area (Å²) in [5.74, 6) is -2.11. The Labute approximate surface area is 245 Å². The minimum atomic E-state index is -1.21. The van der Waals surface area contributed by atoms with Crippen molar-refractivity contribution in [3.8, 4) is 22.5 Å². The molecule has 1 atom stereocenters. The van der Waals surface area contributed by atoms with E-state index in [1.54, 1.807) is 30.6 Å². The number of amides is 1. The molecule has 6 rings (SSSR count). The second-order valence-corrected chi connectivity index (χ2v) is 17.0. The molecule has 2 aromatic carbocycles. The summed E-state index contributed by atoms with van der Waals surface area (Å²) in [6.45, 7) is 7.62. The standard InChI is InChI=1S/C29H28F3N7O3Si/c1-43(2,3)11-10-41-17-37-16-33-27(36-37)20-6-4-18(12-23(20)31)21-14-34-38-9-8-26(35-28(21)38)39-25(15-42-29(39)40)19-5-7-22(30)24(32)13-19/h4-9,12-14,16,25H,10-11,15,17H2,1-3H3/t25-/m0/s1. The highest BCUT2D eigenvalue weighted by Crippen LogP contribution is 2.34. The van der Waals surface area contributed by atoms with Gasteiger partial charge in [-0.2, -0.15) is 5.10 Å². The third-order valence-electron chi connectivity index (χ3n) is 7.08. The predicted molar refractivity (Wildman–Crippen MR) is 154 cm³/mol. The van der Waals surface area contributed by atoms with Gasteiger partial charge in [-0.25, -0.2) is 37.1 Å². The maximum Gasteiger partial charge on any atom is 0.416 e. The Kier molecular flexibility index (Phi) is 7.48. The number of cyclic esters (lactones) is 1. The summed E-state index contributed by atoms with van der Waals surface area (Å²) in [6, 6.07) is 9.93. The number of aromatic nitrogens is 6. The SMILES string of the molecule is C[Si](C)(C)CCOCn1cnc(-c2ccc(-c3cnn4ccc(N5C(=O)OC[C@H]5c5ccc(F)c(F)c5)nc34)cc2F)n1. The predicted octanol–water partition coefficient (Wildman–Crippen LogP) is 6.08. The van der Waals surface area contributed by atoms with Crippen molar-refractivity contribution in [2.45, 2.75) is 38.5 Å². The Balaban J connectivity index is 1.25. The van der Waals surface area contributed by atoms with Crippen molar-refractivity contribution in [1.82, 2.24) is 29.4 Å². The van der Waals surface area contributed by atoms with E-state index in [0.717, 1.165) is 18.2 Å². The van der Waals surface area contributed by atoms with Crippen molar-refractivity contribution in [3.05, 3.63) is 84.2 Å². The first-order valence-corrected chi connectivity index (χ1v) is 17.3. The zero-order valence-corrected chi connectivity index (χ0v) is 24.7. The van der Waals surface area contributed by atoms with Crippen LogP contribution >= 0.6 is 0 Å². The maximum absolute atomic E-state index is 15.4. The van der Waals surface area contributed by atoms with Gasteiger partial charge in [0.2, 0.25) is 0 Å². The zero-order valence-electron chi connectivity index (χ0n) is 23.7. The van der Waals surface area contributed by atoms with Crippen LogP contribution in [0.5, 0.6) is 0 Å². The van der Waals surface area contributed by atoms with E-state index >= 15 is 4.39 Å². The summed E-state index contributed by atoms with van der Waals surface area (Å²) < 4.78 is 56.8. The molecule has 14 heteroatoms. The van der Waals surface area contributed by atoms with Gasteiger partial charge in [-0.05, 0) is 47.5 Å². The molecule has 0 saturated carbocycles. The number of halogens is 3. The highest BCUT2D eigenvalue weighted by molar-refractivity contribution is 6.76. The maximum atomic E-state index is 15.4. The van der Waals surface area contributed by atoms with Crippen molar-refractivity contribution in [3.63, 3.8) is 0 Å². The molecule has 1 aliphatic heterocycles. The Morgan fingerprint density at radius 2 is 1.86 bits per heavy atom. The van der Waals surface area contributed by atoms with Crippen molar-refractivity contribution >= 4 is 25.6 Å². The van der Waals surface area contributed by atoms with Crippen LogP contribution < -0.4 is 4.90 Å². The van der Waals surface area contributed by atoms with Crippen molar-refractivity contribution in [1.29, 1.82) is 0 Å². The highest BCUT2D eigenvalue weighted by atomic mass is 28.3. The monoisotopic (exact) mass is 607 g/mol. The smallest absolute Gasteiger partial charge is 0.416 e. The normalized spacial score (nSPS) is 15.4. The lowest BCUT2D eigenvalue weighted by atomic mass is 10.1. The summed E-state index contributed by atoms with van der Waals surface area (Å²) in [5, 5.41) is 8.66. The number of nitrogens with zero attached hydrogens (tertiary/aromatic N) is 7. The van der Waals surface area contributed by atoms with Gasteiger partial charge in [-0.3, -0.25) is 4.90 Å². The fourth-order valence-corrected chi connectivity index (χ4v) is 5.47. The van der Waals surface area contributed by atoms with Crippen LogP contribution in [-0.4, -0.2) is 56.7 Å². The Morgan fingerprint density at radius 3 is 2.63 bits per heavy atom. The van der Waals surface area contributed by atoms with E-state index in [4.69, 9.17) is 9.47 Å². The molecule has 1 saturated heterocycles. The number of anilines is 1. The third kappa shape index (κ3) is 5.88. The Morgan fingerprint density at radius 1 is 1.02 bits per heavy atom. The largest absolute Gasteiger partial charge is 0.447 e. The number of fused-ring (bicyclic) bond motifs is 1. The summed E-state index contributed by atoms with van der Waals surface area (Å²) in [5.41, 5.74) is 1.94. The van der Waals surface area contributed by atoms with E-state index in [2.05, 4.69) is 39.8 Å². The fraction of sp³-hybridized carbons (Fsp3) is 0.276. The molecule has 3 aromatic heterocycles. The molecule has 0 bridgehead atoms. The van der Waals surface area contributed by atoms with Crippen LogP contribution in [0.1, 0.15) is 11.6 Å². The summed E-state index contributed by atoms with van der Waals surface area (Å²) in [4.78, 5) is 22.8. The van der Waals surface area contributed by atoms with E-state index in [-0.39, 0.29) is 30.5 Å². The number of rotatable bonds is 9. The third-order valence-corrected chi connectivity index (χ3v) is 8.78. The molecular weight excluding hydrogens is 579 g/mol. The molecule has 0 radical (unpaired) electrons. The van der Waals surface area contributed by atoms with Crippen molar-refractivity contribution < 1.29 is 27.4 Å². The van der Waals surface area contributed by atoms with E-state index in [0.29, 0.717) is 28.9 Å². The molecule has 4 heterocycles. The first kappa shape index (κ1) is 28.6. The summed E-state index contributed by atoms with van der Waals surface area (Å²) >= 11 is 0. The van der Waals surface area contributed by atoms with Crippen LogP contribution in [0.4, 0.5) is 23.8 Å². The number of carbonyl (C=O) groups is 1. The van der Waals surface area contributed by atoms with E-state index in [1.807, 2.05) is 0 Å². The summed E-state index contributed by atoms with van der Waals surface area (Å²) in [7, 11) is -1.21. The highest BCUT2D eigenvalue weighted by Gasteiger charge is 2.37. The fourth-order valence-electron chi connectivity index (χ4n) is 4.72. The van der Waals surface area contributed by atoms with Crippen molar-refractivity contribution in [2.75, 3.05) is 18.1 Å². The van der Waals surface area contributed by atoms with Gasteiger partial charge in [0.15, 0.2) is 23.1 Å². The molecule has 10 nitrogen and oxygen atoms in total. The molecule has 1 fully saturated rings. The van der Waals surface area contributed by atoms with Gasteiger partial charge in [0.05, 0.1) is 11.8 Å². The second kappa shape index (κ2) is 11.3. The molecule has 0 aliphatic carbocycles. The number of hydrogen-bond acceptors (Lipinski definition) is 7. The molecule has 222 valence electrons. The minimum absolute atomic E-state index is 0.0655. The first-order valence-electron chi connectivity index (χ1n) is 13.6. The lowest BCUT2D eigenvalue weighted by molar-refractivity contribution is 0.0784. The first-order chi connectivity index (χ1) is 20.6. The zero-order chi connectivity index (χ0) is 30.3. The van der Waals surface area contributed by atoms with Gasteiger partial charge >= 0.3 is 6.09 Å². The number of ether oxygens (including phenoxy) is 2. The van der Waals surface area contributed by atoms with E-state index in [9.17, 15) is 13.6 Å². The van der Waals surface area contributed by atoms with Gasteiger partial charge in [-0.1, -0.05) is 31.8 Å². The molecule has 43 heavy (non-hydrogen) atoms. The topological polar surface area (TPSA) is 99.7 Å². The lowest BCUT2D eigenvalue weighted by Crippen LogP contribution is -2.28. The van der Waals surface area contributed by atoms with Gasteiger partial charge in [0.1, 0.15) is 37.3 Å². The average molecular weight is 608 g/mol. The van der Waals surface area contributed by atoms with Crippen LogP contribution in [0.2, 0.25) is 25.7 Å². The lowest BCUT2D eigenvalue weighted by Gasteiger charge is -2.21.